The Kier molecular flexibility index (Phi) is 11.5. The molecule has 286 valence electrons. The number of rotatable bonds is 15. The summed E-state index contributed by atoms with van der Waals surface area (Å²) in [5, 5.41) is 21.4. The Labute approximate surface area is 333 Å². The van der Waals surface area contributed by atoms with Crippen molar-refractivity contribution in [2.75, 3.05) is 0 Å². The first-order chi connectivity index (χ1) is 28.0. The number of phenols is 2. The second-order valence-corrected chi connectivity index (χ2v) is 14.2. The largest absolute Gasteiger partial charge is 0.504 e. The summed E-state index contributed by atoms with van der Waals surface area (Å²) >= 11 is 0. The van der Waals surface area contributed by atoms with Gasteiger partial charge in [-0.15, -0.1) is 0 Å². The van der Waals surface area contributed by atoms with Crippen LogP contribution in [0.4, 0.5) is 0 Å². The van der Waals surface area contributed by atoms with E-state index in [4.69, 9.17) is 23.7 Å². The van der Waals surface area contributed by atoms with Gasteiger partial charge in [-0.3, -0.25) is 0 Å². The van der Waals surface area contributed by atoms with E-state index in [9.17, 15) is 10.2 Å². The number of hydrogen-bond acceptors (Lipinski definition) is 7. The van der Waals surface area contributed by atoms with Crippen molar-refractivity contribution in [1.82, 2.24) is 0 Å². The molecule has 7 heteroatoms. The van der Waals surface area contributed by atoms with E-state index in [1.54, 1.807) is 6.07 Å². The maximum absolute atomic E-state index is 10.9. The zero-order chi connectivity index (χ0) is 38.9. The van der Waals surface area contributed by atoms with Crippen LogP contribution >= 0.6 is 0 Å². The average molecular weight is 757 g/mol. The van der Waals surface area contributed by atoms with E-state index in [-0.39, 0.29) is 31.3 Å². The predicted octanol–water partition coefficient (Wildman–Crippen LogP) is 10.8. The second kappa shape index (κ2) is 17.5. The highest BCUT2D eigenvalue weighted by Gasteiger charge is 2.56. The summed E-state index contributed by atoms with van der Waals surface area (Å²) in [6.07, 6.45) is -1.29. The lowest BCUT2D eigenvalue weighted by molar-refractivity contribution is -0.216. The molecule has 1 heterocycles. The minimum Gasteiger partial charge on any atom is -0.504 e. The van der Waals surface area contributed by atoms with Gasteiger partial charge in [-0.05, 0) is 45.5 Å². The topological polar surface area (TPSA) is 86.6 Å². The maximum atomic E-state index is 10.9. The van der Waals surface area contributed by atoms with E-state index in [2.05, 4.69) is 12.1 Å². The first-order valence-electron chi connectivity index (χ1n) is 19.1. The number of benzene rings is 7. The summed E-state index contributed by atoms with van der Waals surface area (Å²) in [5.41, 5.74) is 4.96. The van der Waals surface area contributed by atoms with Crippen molar-refractivity contribution in [3.8, 4) is 28.7 Å². The third-order valence-electron chi connectivity index (χ3n) is 10.2. The molecule has 0 bridgehead atoms. The molecular formula is C50H44O7. The fraction of sp³-hybridized carbons (Fsp3) is 0.160. The van der Waals surface area contributed by atoms with Gasteiger partial charge in [0.1, 0.15) is 42.2 Å². The molecule has 0 amide bonds. The molecule has 8 rings (SSSR count). The van der Waals surface area contributed by atoms with E-state index >= 15 is 0 Å². The number of fused-ring (bicyclic) bond motifs is 1. The van der Waals surface area contributed by atoms with E-state index in [0.717, 1.165) is 27.8 Å². The Morgan fingerprint density at radius 3 is 1.56 bits per heavy atom. The van der Waals surface area contributed by atoms with Crippen molar-refractivity contribution in [3.05, 3.63) is 221 Å². The molecule has 7 aromatic rings. The molecule has 1 unspecified atom stereocenters. The zero-order valence-corrected chi connectivity index (χ0v) is 31.4. The van der Waals surface area contributed by atoms with Crippen molar-refractivity contribution < 1.29 is 33.9 Å². The Morgan fingerprint density at radius 2 is 1.00 bits per heavy atom. The van der Waals surface area contributed by atoms with E-state index in [1.165, 1.54) is 12.1 Å². The van der Waals surface area contributed by atoms with Gasteiger partial charge in [-0.1, -0.05) is 158 Å². The van der Waals surface area contributed by atoms with Crippen LogP contribution in [-0.4, -0.2) is 15.8 Å². The monoisotopic (exact) mass is 756 g/mol. The van der Waals surface area contributed by atoms with Crippen LogP contribution < -0.4 is 14.2 Å². The molecule has 0 fully saturated rings. The van der Waals surface area contributed by atoms with Gasteiger partial charge in [-0.25, -0.2) is 0 Å². The van der Waals surface area contributed by atoms with Crippen LogP contribution in [-0.2, 0) is 42.3 Å². The van der Waals surface area contributed by atoms with Gasteiger partial charge in [0, 0.05) is 18.6 Å². The molecular weight excluding hydrogens is 713 g/mol. The molecule has 1 aliphatic heterocycles. The summed E-state index contributed by atoms with van der Waals surface area (Å²) < 4.78 is 34.9. The number of phenolic OH excluding ortho intramolecular Hbond substituents is 2. The fourth-order valence-electron chi connectivity index (χ4n) is 7.35. The highest BCUT2D eigenvalue weighted by Crippen LogP contribution is 2.57. The molecule has 57 heavy (non-hydrogen) atoms. The van der Waals surface area contributed by atoms with Gasteiger partial charge < -0.3 is 33.9 Å². The first-order valence-corrected chi connectivity index (χ1v) is 19.1. The minimum atomic E-state index is -1.26. The molecule has 0 saturated carbocycles. The van der Waals surface area contributed by atoms with Crippen LogP contribution in [0.25, 0.3) is 0 Å². The molecule has 3 atom stereocenters. The van der Waals surface area contributed by atoms with Crippen LogP contribution in [0.5, 0.6) is 28.7 Å². The van der Waals surface area contributed by atoms with Crippen LogP contribution in [0.1, 0.15) is 51.2 Å². The first kappa shape index (κ1) is 37.4. The van der Waals surface area contributed by atoms with E-state index < -0.39 is 17.8 Å². The lowest BCUT2D eigenvalue weighted by atomic mass is 9.75. The third kappa shape index (κ3) is 8.81. The van der Waals surface area contributed by atoms with Gasteiger partial charge in [0.15, 0.2) is 17.6 Å². The Balaban J connectivity index is 1.33. The van der Waals surface area contributed by atoms with Gasteiger partial charge in [0.05, 0.1) is 18.8 Å². The highest BCUT2D eigenvalue weighted by atomic mass is 16.6. The van der Waals surface area contributed by atoms with Gasteiger partial charge in [0.2, 0.25) is 0 Å². The Morgan fingerprint density at radius 1 is 0.491 bits per heavy atom. The molecule has 7 aromatic carbocycles. The van der Waals surface area contributed by atoms with Crippen LogP contribution in [0, 0.1) is 0 Å². The SMILES string of the molecule is Oc1ccc([C@H]2Oc3cc(OCc4ccccc4)cc(OCc4ccccc4)c3C(OCc3ccccc3)[C@@]2(Cc2ccccc2)OCc2ccccc2)cc1O. The summed E-state index contributed by atoms with van der Waals surface area (Å²) in [7, 11) is 0. The van der Waals surface area contributed by atoms with Gasteiger partial charge in [0.25, 0.3) is 0 Å². The van der Waals surface area contributed by atoms with Crippen molar-refractivity contribution in [3.63, 3.8) is 0 Å². The summed E-state index contributed by atoms with van der Waals surface area (Å²) in [6.45, 7) is 1.11. The van der Waals surface area contributed by atoms with Gasteiger partial charge >= 0.3 is 0 Å². The lowest BCUT2D eigenvalue weighted by Crippen LogP contribution is -2.52. The molecule has 0 aromatic heterocycles. The number of hydrogen-bond donors (Lipinski definition) is 2. The smallest absolute Gasteiger partial charge is 0.157 e. The minimum absolute atomic E-state index is 0.233. The lowest BCUT2D eigenvalue weighted by Gasteiger charge is -2.49. The molecule has 2 N–H and O–H groups in total. The summed E-state index contributed by atoms with van der Waals surface area (Å²) in [6, 6.07) is 58.7. The molecule has 0 spiro atoms. The van der Waals surface area contributed by atoms with Crippen molar-refractivity contribution >= 4 is 0 Å². The third-order valence-corrected chi connectivity index (χ3v) is 10.2. The van der Waals surface area contributed by atoms with Crippen LogP contribution in [0.2, 0.25) is 0 Å². The van der Waals surface area contributed by atoms with E-state index in [1.807, 2.05) is 152 Å². The predicted molar refractivity (Wildman–Crippen MR) is 219 cm³/mol. The summed E-state index contributed by atoms with van der Waals surface area (Å²) in [4.78, 5) is 0. The molecule has 1 aliphatic rings. The van der Waals surface area contributed by atoms with Crippen LogP contribution in [0.3, 0.4) is 0 Å². The van der Waals surface area contributed by atoms with Crippen molar-refractivity contribution in [2.45, 2.75) is 50.7 Å². The Bertz CT molecular complexity index is 2340. The van der Waals surface area contributed by atoms with Gasteiger partial charge in [-0.2, -0.15) is 0 Å². The maximum Gasteiger partial charge on any atom is 0.157 e. The average Bonchev–Trinajstić information content (AvgIpc) is 3.26. The van der Waals surface area contributed by atoms with Crippen molar-refractivity contribution in [1.29, 1.82) is 0 Å². The molecule has 0 aliphatic carbocycles. The number of aromatic hydroxyl groups is 2. The normalized spacial score (nSPS) is 17.3. The molecule has 7 nitrogen and oxygen atoms in total. The molecule has 0 radical (unpaired) electrons. The number of ether oxygens (including phenoxy) is 5. The summed E-state index contributed by atoms with van der Waals surface area (Å²) in [5.74, 6) is 1.07. The Hall–Kier alpha value is -6.54. The quantitative estimate of drug-likeness (QED) is 0.101. The van der Waals surface area contributed by atoms with Crippen molar-refractivity contribution in [2.24, 2.45) is 0 Å². The standard InChI is InChI=1S/C50H44O7/c51-43-27-26-41(28-44(43)52)48-50(31-36-16-6-1-7-17-36,56-35-40-24-14-5-15-25-40)49(55-34-39-22-12-4-13-23-39)47-45(54-33-38-20-10-3-11-21-38)29-42(30-46(47)57-48)53-32-37-18-8-2-9-19-37/h1-30,48-49,51-52H,31-35H2/t48-,49?,50+/m1/s1. The fourth-order valence-corrected chi connectivity index (χ4v) is 7.35. The van der Waals surface area contributed by atoms with E-state index in [0.29, 0.717) is 41.4 Å². The second-order valence-electron chi connectivity index (χ2n) is 14.2. The zero-order valence-electron chi connectivity index (χ0n) is 31.4. The highest BCUT2D eigenvalue weighted by molar-refractivity contribution is 5.56. The molecule has 0 saturated heterocycles. The van der Waals surface area contributed by atoms with Crippen LogP contribution in [0.15, 0.2) is 182 Å².